The number of benzene rings is 3. The van der Waals surface area contributed by atoms with Crippen molar-refractivity contribution >= 4 is 27.4 Å². The molecule has 0 aliphatic heterocycles. The second-order valence-electron chi connectivity index (χ2n) is 7.71. The molecular formula is C26H28O5S2. The number of carbonyl (C=O) groups is 1. The number of methoxy groups -OCH3 is 2. The van der Waals surface area contributed by atoms with Crippen molar-refractivity contribution in [1.82, 2.24) is 0 Å². The van der Waals surface area contributed by atoms with Crippen LogP contribution in [0.5, 0.6) is 11.5 Å². The van der Waals surface area contributed by atoms with Gasteiger partial charge in [-0.3, -0.25) is 4.79 Å². The summed E-state index contributed by atoms with van der Waals surface area (Å²) in [4.78, 5) is 13.7. The average Bonchev–Trinajstić information content (AvgIpc) is 2.80. The summed E-state index contributed by atoms with van der Waals surface area (Å²) in [6.07, 6.45) is 0.757. The summed E-state index contributed by atoms with van der Waals surface area (Å²) in [5, 5.41) is 0. The molecule has 174 valence electrons. The molecule has 0 saturated heterocycles. The lowest BCUT2D eigenvalue weighted by atomic mass is 10.1. The zero-order valence-corrected chi connectivity index (χ0v) is 20.7. The Labute approximate surface area is 200 Å². The number of ether oxygens (including phenoxy) is 2. The number of thioether (sulfide) groups is 1. The Kier molecular flexibility index (Phi) is 8.58. The molecule has 3 aromatic rings. The smallest absolute Gasteiger partial charge is 0.182 e. The first-order valence-corrected chi connectivity index (χ1v) is 13.2. The SMILES string of the molecule is COc1ccc(OC)c(CS(=O)(=O)c2ccc(CC(=O)CCSc3ccc(C)cc3)cc2)c1. The van der Waals surface area contributed by atoms with E-state index in [0.29, 0.717) is 29.9 Å². The first-order chi connectivity index (χ1) is 15.8. The van der Waals surface area contributed by atoms with Crippen molar-refractivity contribution in [3.8, 4) is 11.5 Å². The van der Waals surface area contributed by atoms with Crippen LogP contribution in [-0.4, -0.2) is 34.2 Å². The second kappa shape index (κ2) is 11.4. The van der Waals surface area contributed by atoms with E-state index in [-0.39, 0.29) is 16.4 Å². The monoisotopic (exact) mass is 484 g/mol. The molecule has 5 nitrogen and oxygen atoms in total. The fraction of sp³-hybridized carbons (Fsp3) is 0.269. The molecule has 0 aliphatic rings. The van der Waals surface area contributed by atoms with Gasteiger partial charge in [0.15, 0.2) is 9.84 Å². The summed E-state index contributed by atoms with van der Waals surface area (Å²) in [6.45, 7) is 2.05. The van der Waals surface area contributed by atoms with Gasteiger partial charge in [-0.15, -0.1) is 11.8 Å². The van der Waals surface area contributed by atoms with Crippen LogP contribution >= 0.6 is 11.8 Å². The third-order valence-corrected chi connectivity index (χ3v) is 7.88. The van der Waals surface area contributed by atoms with Gasteiger partial charge in [-0.2, -0.15) is 0 Å². The van der Waals surface area contributed by atoms with Gasteiger partial charge >= 0.3 is 0 Å². The van der Waals surface area contributed by atoms with Crippen LogP contribution < -0.4 is 9.47 Å². The van der Waals surface area contributed by atoms with E-state index >= 15 is 0 Å². The molecule has 0 spiro atoms. The number of aryl methyl sites for hydroxylation is 1. The predicted octanol–water partition coefficient (Wildman–Crippen LogP) is 5.28. The molecular weight excluding hydrogens is 456 g/mol. The highest BCUT2D eigenvalue weighted by Crippen LogP contribution is 2.28. The van der Waals surface area contributed by atoms with E-state index in [2.05, 4.69) is 24.3 Å². The highest BCUT2D eigenvalue weighted by atomic mass is 32.2. The van der Waals surface area contributed by atoms with Crippen molar-refractivity contribution in [2.24, 2.45) is 0 Å². The molecule has 0 fully saturated rings. The van der Waals surface area contributed by atoms with Crippen molar-refractivity contribution < 1.29 is 22.7 Å². The number of carbonyl (C=O) groups excluding carboxylic acids is 1. The molecule has 0 N–H and O–H groups in total. The van der Waals surface area contributed by atoms with Crippen LogP contribution in [0.4, 0.5) is 0 Å². The summed E-state index contributed by atoms with van der Waals surface area (Å²) in [7, 11) is -0.556. The Hall–Kier alpha value is -2.77. The lowest BCUT2D eigenvalue weighted by Crippen LogP contribution is -2.08. The maximum atomic E-state index is 12.9. The molecule has 0 unspecified atom stereocenters. The summed E-state index contributed by atoms with van der Waals surface area (Å²) < 4.78 is 36.4. The first kappa shape index (κ1) is 24.9. The minimum atomic E-state index is -3.59. The molecule has 0 aliphatic carbocycles. The van der Waals surface area contributed by atoms with Crippen molar-refractivity contribution in [3.63, 3.8) is 0 Å². The van der Waals surface area contributed by atoms with Gasteiger partial charge in [-0.25, -0.2) is 8.42 Å². The molecule has 0 atom stereocenters. The summed E-state index contributed by atoms with van der Waals surface area (Å²) in [5.41, 5.74) is 2.55. The highest BCUT2D eigenvalue weighted by molar-refractivity contribution is 7.99. The minimum absolute atomic E-state index is 0.131. The molecule has 0 saturated carbocycles. The first-order valence-electron chi connectivity index (χ1n) is 10.5. The van der Waals surface area contributed by atoms with Crippen molar-refractivity contribution in [2.45, 2.75) is 35.3 Å². The molecule has 0 bridgehead atoms. The predicted molar refractivity (Wildman–Crippen MR) is 132 cm³/mol. The molecule has 0 radical (unpaired) electrons. The minimum Gasteiger partial charge on any atom is -0.497 e. The van der Waals surface area contributed by atoms with Crippen molar-refractivity contribution in [2.75, 3.05) is 20.0 Å². The Morgan fingerprint density at radius 3 is 2.24 bits per heavy atom. The zero-order chi connectivity index (χ0) is 23.8. The normalized spacial score (nSPS) is 11.2. The molecule has 0 aromatic heterocycles. The third-order valence-electron chi connectivity index (χ3n) is 5.19. The van der Waals surface area contributed by atoms with E-state index < -0.39 is 9.84 Å². The average molecular weight is 485 g/mol. The topological polar surface area (TPSA) is 69.7 Å². The van der Waals surface area contributed by atoms with E-state index in [0.717, 1.165) is 16.2 Å². The van der Waals surface area contributed by atoms with Crippen molar-refractivity contribution in [3.05, 3.63) is 83.4 Å². The maximum Gasteiger partial charge on any atom is 0.182 e. The Morgan fingerprint density at radius 2 is 1.61 bits per heavy atom. The Morgan fingerprint density at radius 1 is 0.909 bits per heavy atom. The summed E-state index contributed by atoms with van der Waals surface area (Å²) >= 11 is 1.66. The second-order valence-corrected chi connectivity index (χ2v) is 10.9. The van der Waals surface area contributed by atoms with Crippen LogP contribution in [0.2, 0.25) is 0 Å². The van der Waals surface area contributed by atoms with E-state index in [9.17, 15) is 13.2 Å². The van der Waals surface area contributed by atoms with Gasteiger partial charge in [-0.1, -0.05) is 29.8 Å². The fourth-order valence-electron chi connectivity index (χ4n) is 3.33. The molecule has 0 amide bonds. The van der Waals surface area contributed by atoms with Crippen molar-refractivity contribution in [1.29, 1.82) is 0 Å². The molecule has 3 rings (SSSR count). The lowest BCUT2D eigenvalue weighted by Gasteiger charge is -2.11. The molecule has 33 heavy (non-hydrogen) atoms. The van der Waals surface area contributed by atoms with Gasteiger partial charge in [0.25, 0.3) is 0 Å². The number of hydrogen-bond acceptors (Lipinski definition) is 6. The van der Waals surface area contributed by atoms with Gasteiger partial charge < -0.3 is 9.47 Å². The quantitative estimate of drug-likeness (QED) is 0.345. The zero-order valence-electron chi connectivity index (χ0n) is 19.0. The van der Waals surface area contributed by atoms with Crippen LogP contribution in [-0.2, 0) is 26.8 Å². The van der Waals surface area contributed by atoms with Gasteiger partial charge in [0.05, 0.1) is 24.9 Å². The summed E-state index contributed by atoms with van der Waals surface area (Å²) in [6, 6.07) is 19.9. The number of hydrogen-bond donors (Lipinski definition) is 0. The van der Waals surface area contributed by atoms with Gasteiger partial charge in [-0.05, 0) is 55.0 Å². The van der Waals surface area contributed by atoms with Crippen LogP contribution in [0.15, 0.2) is 76.5 Å². The van der Waals surface area contributed by atoms with E-state index in [4.69, 9.17) is 9.47 Å². The Bertz CT molecular complexity index is 1180. The largest absolute Gasteiger partial charge is 0.497 e. The molecule has 3 aromatic carbocycles. The number of sulfone groups is 1. The number of Topliss-reactive ketones (excluding diaryl/α,β-unsaturated/α-hetero) is 1. The van der Waals surface area contributed by atoms with Crippen LogP contribution in [0, 0.1) is 6.92 Å². The maximum absolute atomic E-state index is 12.9. The van der Waals surface area contributed by atoms with Gasteiger partial charge in [0, 0.05) is 29.1 Å². The standard InChI is InChI=1S/C26H28O5S2/c1-19-4-9-24(10-5-19)32-15-14-22(27)16-20-6-11-25(12-7-20)33(28,29)18-21-17-23(30-2)8-13-26(21)31-3/h4-13,17H,14-16,18H2,1-3H3. The highest BCUT2D eigenvalue weighted by Gasteiger charge is 2.19. The number of rotatable bonds is 11. The lowest BCUT2D eigenvalue weighted by molar-refractivity contribution is -0.118. The Balaban J connectivity index is 1.58. The summed E-state index contributed by atoms with van der Waals surface area (Å²) in [5.74, 6) is 1.70. The third kappa shape index (κ3) is 7.11. The van der Waals surface area contributed by atoms with E-state index in [1.54, 1.807) is 54.2 Å². The van der Waals surface area contributed by atoms with Gasteiger partial charge in [0.2, 0.25) is 0 Å². The van der Waals surface area contributed by atoms with Crippen LogP contribution in [0.25, 0.3) is 0 Å². The van der Waals surface area contributed by atoms with E-state index in [1.807, 2.05) is 6.92 Å². The molecule has 7 heteroatoms. The number of ketones is 1. The fourth-order valence-corrected chi connectivity index (χ4v) is 5.58. The van der Waals surface area contributed by atoms with Gasteiger partial charge in [0.1, 0.15) is 17.3 Å². The molecule has 0 heterocycles. The van der Waals surface area contributed by atoms with E-state index in [1.165, 1.54) is 19.8 Å². The van der Waals surface area contributed by atoms with Crippen LogP contribution in [0.3, 0.4) is 0 Å². The van der Waals surface area contributed by atoms with Crippen LogP contribution in [0.1, 0.15) is 23.1 Å².